The number of hydrogen-bond acceptors (Lipinski definition) is 2. The Bertz CT molecular complexity index is 258. The highest BCUT2D eigenvalue weighted by atomic mass is 79.9. The fraction of sp³-hybridized carbons (Fsp3) is 0.727. The van der Waals surface area contributed by atoms with Crippen LogP contribution in [-0.4, -0.2) is 17.4 Å². The molecule has 0 aliphatic heterocycles. The summed E-state index contributed by atoms with van der Waals surface area (Å²) in [5.74, 6) is 1.40. The Hall–Kier alpha value is -0.310. The monoisotopic (exact) mass is 258 g/mol. The predicted octanol–water partition coefficient (Wildman–Crippen LogP) is 2.67. The van der Waals surface area contributed by atoms with Gasteiger partial charge in [-0.3, -0.25) is 4.79 Å². The minimum atomic E-state index is -0.0968. The van der Waals surface area contributed by atoms with Crippen LogP contribution in [0.4, 0.5) is 0 Å². The number of rotatable bonds is 3. The summed E-state index contributed by atoms with van der Waals surface area (Å²) < 4.78 is 4.88. The lowest BCUT2D eigenvalue weighted by Gasteiger charge is -2.07. The van der Waals surface area contributed by atoms with Gasteiger partial charge in [0.2, 0.25) is 0 Å². The molecule has 0 saturated heterocycles. The van der Waals surface area contributed by atoms with Crippen LogP contribution >= 0.6 is 15.9 Å². The summed E-state index contributed by atoms with van der Waals surface area (Å²) in [6.45, 7) is 0. The topological polar surface area (TPSA) is 26.3 Å². The molecule has 0 N–H and O–H groups in total. The molecule has 3 heteroatoms. The lowest BCUT2D eigenvalue weighted by atomic mass is 10.1. The van der Waals surface area contributed by atoms with Crippen LogP contribution in [0.2, 0.25) is 0 Å². The van der Waals surface area contributed by atoms with Crippen LogP contribution in [-0.2, 0) is 9.53 Å². The van der Waals surface area contributed by atoms with Gasteiger partial charge in [-0.15, -0.1) is 0 Å². The second-order valence-electron chi connectivity index (χ2n) is 4.16. The van der Waals surface area contributed by atoms with Gasteiger partial charge >= 0.3 is 5.97 Å². The van der Waals surface area contributed by atoms with Crippen molar-refractivity contribution in [2.75, 3.05) is 7.11 Å². The van der Waals surface area contributed by atoms with E-state index in [1.807, 2.05) is 0 Å². The van der Waals surface area contributed by atoms with E-state index in [0.29, 0.717) is 6.42 Å². The number of fused-ring (bicyclic) bond motifs is 1. The fourth-order valence-corrected chi connectivity index (χ4v) is 3.62. The van der Waals surface area contributed by atoms with Crippen LogP contribution in [0.25, 0.3) is 0 Å². The van der Waals surface area contributed by atoms with Crippen molar-refractivity contribution < 1.29 is 9.53 Å². The molecule has 2 aliphatic carbocycles. The number of ether oxygens (including phenoxy) is 1. The summed E-state index contributed by atoms with van der Waals surface area (Å²) >= 11 is 3.79. The Morgan fingerprint density at radius 3 is 2.57 bits per heavy atom. The molecule has 0 amide bonds. The first-order valence-corrected chi connectivity index (χ1v) is 5.88. The molecule has 78 valence electrons. The van der Waals surface area contributed by atoms with Gasteiger partial charge in [-0.25, -0.2) is 0 Å². The summed E-state index contributed by atoms with van der Waals surface area (Å²) in [5, 5.41) is 0. The average molecular weight is 259 g/mol. The molecular weight excluding hydrogens is 244 g/mol. The van der Waals surface area contributed by atoms with Gasteiger partial charge in [0.05, 0.1) is 7.11 Å². The Balaban J connectivity index is 1.85. The third kappa shape index (κ3) is 1.62. The molecule has 2 nitrogen and oxygen atoms in total. The molecular formula is C11H15BrO2. The molecule has 0 bridgehead atoms. The van der Waals surface area contributed by atoms with Crippen molar-refractivity contribution in [2.45, 2.75) is 30.0 Å². The zero-order valence-electron chi connectivity index (χ0n) is 8.33. The van der Waals surface area contributed by atoms with E-state index in [-0.39, 0.29) is 10.3 Å². The van der Waals surface area contributed by atoms with Gasteiger partial charge in [-0.1, -0.05) is 28.1 Å². The third-order valence-electron chi connectivity index (χ3n) is 3.50. The standard InChI is InChI=1S/C11H15BrO2/c1-14-10(13)6-7-11(12)8-4-2-3-5-9(8)11/h2-3,8-9H,4-7H2,1H3/t8-,9+,11?. The maximum Gasteiger partial charge on any atom is 0.305 e. The lowest BCUT2D eigenvalue weighted by molar-refractivity contribution is -0.140. The molecule has 2 aliphatic rings. The number of carbonyl (C=O) groups is 1. The van der Waals surface area contributed by atoms with Gasteiger partial charge in [-0.05, 0) is 31.1 Å². The van der Waals surface area contributed by atoms with E-state index in [9.17, 15) is 4.79 Å². The SMILES string of the molecule is COC(=O)CCC1(Br)[C@@H]2CC=CC[C@@H]21. The minimum Gasteiger partial charge on any atom is -0.469 e. The molecule has 3 atom stereocenters. The number of methoxy groups -OCH3 is 1. The van der Waals surface area contributed by atoms with E-state index in [1.54, 1.807) is 0 Å². The smallest absolute Gasteiger partial charge is 0.305 e. The van der Waals surface area contributed by atoms with E-state index >= 15 is 0 Å². The minimum absolute atomic E-state index is 0.0968. The first-order chi connectivity index (χ1) is 6.68. The molecule has 0 spiro atoms. The molecule has 14 heavy (non-hydrogen) atoms. The Labute approximate surface area is 92.8 Å². The number of carbonyl (C=O) groups excluding carboxylic acids is 1. The summed E-state index contributed by atoms with van der Waals surface area (Å²) in [4.78, 5) is 11.0. The molecule has 0 heterocycles. The number of allylic oxidation sites excluding steroid dienone is 2. The number of esters is 1. The van der Waals surface area contributed by atoms with Crippen LogP contribution in [0.1, 0.15) is 25.7 Å². The summed E-state index contributed by atoms with van der Waals surface area (Å²) in [6.07, 6.45) is 8.28. The van der Waals surface area contributed by atoms with Crippen molar-refractivity contribution >= 4 is 21.9 Å². The Morgan fingerprint density at radius 1 is 1.50 bits per heavy atom. The Kier molecular flexibility index (Phi) is 2.69. The maximum atomic E-state index is 11.0. The van der Waals surface area contributed by atoms with Gasteiger partial charge in [-0.2, -0.15) is 0 Å². The molecule has 0 radical (unpaired) electrons. The van der Waals surface area contributed by atoms with Gasteiger partial charge < -0.3 is 4.74 Å². The normalized spacial score (nSPS) is 39.0. The van der Waals surface area contributed by atoms with Crippen molar-refractivity contribution in [3.63, 3.8) is 0 Å². The summed E-state index contributed by atoms with van der Waals surface area (Å²) in [7, 11) is 1.45. The molecule has 1 unspecified atom stereocenters. The predicted molar refractivity (Wildman–Crippen MR) is 58.3 cm³/mol. The van der Waals surface area contributed by atoms with Crippen molar-refractivity contribution in [3.8, 4) is 0 Å². The second kappa shape index (κ2) is 3.69. The van der Waals surface area contributed by atoms with Gasteiger partial charge in [0.25, 0.3) is 0 Å². The first-order valence-electron chi connectivity index (χ1n) is 5.09. The molecule has 0 aromatic carbocycles. The highest BCUT2D eigenvalue weighted by molar-refractivity contribution is 9.10. The zero-order chi connectivity index (χ0) is 10.2. The van der Waals surface area contributed by atoms with Crippen LogP contribution in [0.3, 0.4) is 0 Å². The zero-order valence-corrected chi connectivity index (χ0v) is 9.92. The second-order valence-corrected chi connectivity index (χ2v) is 5.64. The van der Waals surface area contributed by atoms with Crippen LogP contribution < -0.4 is 0 Å². The number of halogens is 1. The van der Waals surface area contributed by atoms with Crippen molar-refractivity contribution in [1.82, 2.24) is 0 Å². The van der Waals surface area contributed by atoms with Crippen molar-refractivity contribution in [1.29, 1.82) is 0 Å². The van der Waals surface area contributed by atoms with E-state index < -0.39 is 0 Å². The quantitative estimate of drug-likeness (QED) is 0.442. The highest BCUT2D eigenvalue weighted by Gasteiger charge is 2.61. The van der Waals surface area contributed by atoms with E-state index in [1.165, 1.54) is 7.11 Å². The van der Waals surface area contributed by atoms with Gasteiger partial charge in [0.1, 0.15) is 0 Å². The average Bonchev–Trinajstić information content (AvgIpc) is 2.83. The molecule has 1 fully saturated rings. The van der Waals surface area contributed by atoms with Crippen molar-refractivity contribution in [2.24, 2.45) is 11.8 Å². The third-order valence-corrected chi connectivity index (χ3v) is 5.07. The summed E-state index contributed by atoms with van der Waals surface area (Å²) in [6, 6.07) is 0. The summed E-state index contributed by atoms with van der Waals surface area (Å²) in [5.41, 5.74) is 0. The number of hydrogen-bond donors (Lipinski definition) is 0. The van der Waals surface area contributed by atoms with Crippen LogP contribution in [0.5, 0.6) is 0 Å². The maximum absolute atomic E-state index is 11.0. The van der Waals surface area contributed by atoms with Gasteiger partial charge in [0.15, 0.2) is 0 Å². The largest absolute Gasteiger partial charge is 0.469 e. The number of alkyl halides is 1. The fourth-order valence-electron chi connectivity index (χ4n) is 2.54. The van der Waals surface area contributed by atoms with Crippen LogP contribution in [0, 0.1) is 11.8 Å². The van der Waals surface area contributed by atoms with E-state index in [0.717, 1.165) is 31.1 Å². The Morgan fingerprint density at radius 2 is 2.07 bits per heavy atom. The van der Waals surface area contributed by atoms with E-state index in [2.05, 4.69) is 32.8 Å². The molecule has 2 rings (SSSR count). The van der Waals surface area contributed by atoms with Gasteiger partial charge in [0, 0.05) is 10.7 Å². The lowest BCUT2D eigenvalue weighted by Crippen LogP contribution is -2.09. The van der Waals surface area contributed by atoms with Crippen LogP contribution in [0.15, 0.2) is 12.2 Å². The highest BCUT2D eigenvalue weighted by Crippen LogP contribution is 2.64. The molecule has 1 saturated carbocycles. The molecule has 0 aromatic heterocycles. The first kappa shape index (κ1) is 10.2. The van der Waals surface area contributed by atoms with E-state index in [4.69, 9.17) is 0 Å². The van der Waals surface area contributed by atoms with Crippen molar-refractivity contribution in [3.05, 3.63) is 12.2 Å². The molecule has 0 aromatic rings.